The number of benzene rings is 1. The summed E-state index contributed by atoms with van der Waals surface area (Å²) in [6.07, 6.45) is 6.14. The molecule has 0 atom stereocenters. The van der Waals surface area contributed by atoms with Gasteiger partial charge in [0.25, 0.3) is 0 Å². The van der Waals surface area contributed by atoms with E-state index in [1.807, 2.05) is 24.4 Å². The minimum absolute atomic E-state index is 0.308. The Morgan fingerprint density at radius 3 is 2.36 bits per heavy atom. The number of hydrogen-bond donors (Lipinski definition) is 3. The van der Waals surface area contributed by atoms with E-state index >= 15 is 0 Å². The third kappa shape index (κ3) is 3.68. The summed E-state index contributed by atoms with van der Waals surface area (Å²) in [5.74, 6) is 2.22. The molecule has 0 bridgehead atoms. The number of nitrogen functional groups attached to an aromatic ring is 1. The Kier molecular flexibility index (Phi) is 4.95. The van der Waals surface area contributed by atoms with Crippen LogP contribution in [0.2, 0.25) is 0 Å². The number of nitrogens with one attached hydrogen (secondary N) is 1. The molecule has 3 aromatic rings. The maximum atomic E-state index is 6.04. The molecule has 2 aromatic heterocycles. The van der Waals surface area contributed by atoms with Gasteiger partial charge in [-0.05, 0) is 25.7 Å². The first-order chi connectivity index (χ1) is 13.6. The van der Waals surface area contributed by atoms with Crippen LogP contribution < -0.4 is 26.3 Å². The number of anilines is 3. The number of ether oxygens (including phenoxy) is 2. The molecule has 148 valence electrons. The summed E-state index contributed by atoms with van der Waals surface area (Å²) in [6.45, 7) is 0. The highest BCUT2D eigenvalue weighted by molar-refractivity contribution is 5.76. The smallest absolute Gasteiger partial charge is 0.177 e. The van der Waals surface area contributed by atoms with E-state index in [1.165, 1.54) is 0 Å². The molecular formula is C20H26N6O2. The average Bonchev–Trinajstić information content (AvgIpc) is 3.12. The second-order valence-corrected chi connectivity index (χ2v) is 7.25. The fourth-order valence-corrected chi connectivity index (χ4v) is 3.75. The van der Waals surface area contributed by atoms with Crippen molar-refractivity contribution in [3.63, 3.8) is 0 Å². The van der Waals surface area contributed by atoms with Gasteiger partial charge in [0.1, 0.15) is 17.3 Å². The Labute approximate surface area is 163 Å². The van der Waals surface area contributed by atoms with Crippen LogP contribution in [0.15, 0.2) is 30.5 Å². The molecule has 0 aliphatic heterocycles. The Hall–Kier alpha value is -3.00. The first kappa shape index (κ1) is 18.4. The predicted molar refractivity (Wildman–Crippen MR) is 109 cm³/mol. The van der Waals surface area contributed by atoms with Gasteiger partial charge in [0.15, 0.2) is 5.65 Å². The van der Waals surface area contributed by atoms with Gasteiger partial charge in [0.05, 0.1) is 31.8 Å². The highest BCUT2D eigenvalue weighted by Gasteiger charge is 2.23. The van der Waals surface area contributed by atoms with Gasteiger partial charge in [-0.3, -0.25) is 0 Å². The van der Waals surface area contributed by atoms with E-state index in [-0.39, 0.29) is 0 Å². The third-order valence-corrected chi connectivity index (χ3v) is 5.28. The first-order valence-electron chi connectivity index (χ1n) is 9.47. The zero-order valence-corrected chi connectivity index (χ0v) is 16.2. The van der Waals surface area contributed by atoms with E-state index < -0.39 is 0 Å². The Balaban J connectivity index is 1.69. The van der Waals surface area contributed by atoms with Gasteiger partial charge >= 0.3 is 0 Å². The van der Waals surface area contributed by atoms with Crippen molar-refractivity contribution in [2.75, 3.05) is 25.3 Å². The van der Waals surface area contributed by atoms with E-state index in [1.54, 1.807) is 24.8 Å². The highest BCUT2D eigenvalue weighted by Crippen LogP contribution is 2.34. The van der Waals surface area contributed by atoms with Crippen molar-refractivity contribution in [3.05, 3.63) is 36.2 Å². The largest absolute Gasteiger partial charge is 0.497 e. The third-order valence-electron chi connectivity index (χ3n) is 5.28. The molecule has 1 aromatic carbocycles. The summed E-state index contributed by atoms with van der Waals surface area (Å²) in [4.78, 5) is 4.86. The lowest BCUT2D eigenvalue weighted by molar-refractivity contribution is 0.391. The maximum absolute atomic E-state index is 6.04. The Bertz CT molecular complexity index is 956. The number of rotatable bonds is 5. The van der Waals surface area contributed by atoms with Crippen LogP contribution in [0.25, 0.3) is 5.65 Å². The molecule has 0 unspecified atom stereocenters. The summed E-state index contributed by atoms with van der Waals surface area (Å²) in [5, 5.41) is 7.77. The Morgan fingerprint density at radius 1 is 1.04 bits per heavy atom. The van der Waals surface area contributed by atoms with Crippen LogP contribution in [-0.4, -0.2) is 34.9 Å². The molecule has 5 N–H and O–H groups in total. The molecule has 0 spiro atoms. The summed E-state index contributed by atoms with van der Waals surface area (Å²) in [7, 11) is 3.25. The summed E-state index contributed by atoms with van der Waals surface area (Å²) >= 11 is 0. The second kappa shape index (κ2) is 7.55. The van der Waals surface area contributed by atoms with E-state index in [9.17, 15) is 0 Å². The van der Waals surface area contributed by atoms with Crippen LogP contribution in [0, 0.1) is 0 Å². The van der Waals surface area contributed by atoms with E-state index in [4.69, 9.17) is 25.9 Å². The summed E-state index contributed by atoms with van der Waals surface area (Å²) in [5.41, 5.74) is 15.4. The van der Waals surface area contributed by atoms with Crippen LogP contribution in [0.1, 0.15) is 37.3 Å². The monoisotopic (exact) mass is 382 g/mol. The number of fused-ring (bicyclic) bond motifs is 1. The molecule has 0 saturated heterocycles. The topological polar surface area (TPSA) is 113 Å². The van der Waals surface area contributed by atoms with E-state index in [0.717, 1.165) is 48.4 Å². The molecule has 28 heavy (non-hydrogen) atoms. The van der Waals surface area contributed by atoms with Gasteiger partial charge in [-0.25, -0.2) is 9.50 Å². The minimum atomic E-state index is 0.308. The number of nitrogens with zero attached hydrogens (tertiary/aromatic N) is 3. The molecule has 0 radical (unpaired) electrons. The van der Waals surface area contributed by atoms with Crippen molar-refractivity contribution in [1.29, 1.82) is 0 Å². The molecule has 2 heterocycles. The highest BCUT2D eigenvalue weighted by atomic mass is 16.5. The molecule has 1 fully saturated rings. The van der Waals surface area contributed by atoms with Crippen LogP contribution in [0.3, 0.4) is 0 Å². The van der Waals surface area contributed by atoms with Crippen LogP contribution >= 0.6 is 0 Å². The summed E-state index contributed by atoms with van der Waals surface area (Å²) in [6, 6.07) is 7.70. The number of aromatic nitrogens is 3. The normalized spacial score (nSPS) is 19.5. The van der Waals surface area contributed by atoms with E-state index in [2.05, 4.69) is 10.4 Å². The van der Waals surface area contributed by atoms with Gasteiger partial charge in [0.2, 0.25) is 0 Å². The lowest BCUT2D eigenvalue weighted by Gasteiger charge is -2.24. The maximum Gasteiger partial charge on any atom is 0.177 e. The molecule has 8 heteroatoms. The zero-order valence-electron chi connectivity index (χ0n) is 16.2. The molecule has 1 saturated carbocycles. The lowest BCUT2D eigenvalue weighted by Crippen LogP contribution is -2.25. The standard InChI is InChI=1S/C20H26N6O2/c1-27-15-7-14(8-16(9-15)28-2)23-17-10-19(22)25-26-11-18(24-20(17)26)12-3-5-13(21)6-4-12/h7-13,23H,3-6,21H2,1-2H3,(H2,22,25)/t12-,13-. The van der Waals surface area contributed by atoms with Gasteiger partial charge in [0, 0.05) is 41.9 Å². The van der Waals surface area contributed by atoms with Gasteiger partial charge in [-0.15, -0.1) is 5.10 Å². The van der Waals surface area contributed by atoms with Gasteiger partial charge < -0.3 is 26.3 Å². The summed E-state index contributed by atoms with van der Waals surface area (Å²) < 4.78 is 12.4. The number of hydrogen-bond acceptors (Lipinski definition) is 7. The molecular weight excluding hydrogens is 356 g/mol. The van der Waals surface area contributed by atoms with E-state index in [0.29, 0.717) is 29.3 Å². The van der Waals surface area contributed by atoms with Crippen LogP contribution in [0.4, 0.5) is 17.2 Å². The Morgan fingerprint density at radius 2 is 1.71 bits per heavy atom. The second-order valence-electron chi connectivity index (χ2n) is 7.25. The zero-order chi connectivity index (χ0) is 19.7. The molecule has 4 rings (SSSR count). The molecule has 8 nitrogen and oxygen atoms in total. The molecule has 0 amide bonds. The number of nitrogens with two attached hydrogens (primary N) is 2. The van der Waals surface area contributed by atoms with Crippen molar-refractivity contribution in [3.8, 4) is 11.5 Å². The van der Waals surface area contributed by atoms with Crippen molar-refractivity contribution < 1.29 is 9.47 Å². The van der Waals surface area contributed by atoms with Crippen molar-refractivity contribution in [2.24, 2.45) is 5.73 Å². The van der Waals surface area contributed by atoms with Crippen LogP contribution in [0.5, 0.6) is 11.5 Å². The number of imidazole rings is 1. The predicted octanol–water partition coefficient (Wildman–Crippen LogP) is 3.06. The van der Waals surface area contributed by atoms with Gasteiger partial charge in [-0.1, -0.05) is 0 Å². The van der Waals surface area contributed by atoms with Gasteiger partial charge in [-0.2, -0.15) is 0 Å². The molecule has 1 aliphatic carbocycles. The van der Waals surface area contributed by atoms with Crippen molar-refractivity contribution >= 4 is 22.8 Å². The number of methoxy groups -OCH3 is 2. The molecule has 1 aliphatic rings. The van der Waals surface area contributed by atoms with Crippen molar-refractivity contribution in [1.82, 2.24) is 14.6 Å². The minimum Gasteiger partial charge on any atom is -0.497 e. The fourth-order valence-electron chi connectivity index (χ4n) is 3.75. The SMILES string of the molecule is COc1cc(Nc2cc(N)nn3cc([C@H]4CC[C@H](N)CC4)nc23)cc(OC)c1. The van der Waals surface area contributed by atoms with Crippen LogP contribution in [-0.2, 0) is 0 Å². The first-order valence-corrected chi connectivity index (χ1v) is 9.47. The lowest BCUT2D eigenvalue weighted by atomic mass is 9.85. The van der Waals surface area contributed by atoms with Crippen molar-refractivity contribution in [2.45, 2.75) is 37.6 Å². The average molecular weight is 382 g/mol. The fraction of sp³-hybridized carbons (Fsp3) is 0.400. The quantitative estimate of drug-likeness (QED) is 0.621.